The van der Waals surface area contributed by atoms with Crippen LogP contribution >= 0.6 is 11.6 Å². The van der Waals surface area contributed by atoms with Gasteiger partial charge >= 0.3 is 0 Å². The Hall–Kier alpha value is -2.87. The molecule has 0 aliphatic heterocycles. The minimum Gasteiger partial charge on any atom is -0.495 e. The van der Waals surface area contributed by atoms with Gasteiger partial charge in [-0.1, -0.05) is 60.1 Å². The number of carbonyl (C=O) groups is 1. The average Bonchev–Trinajstić information content (AvgIpc) is 2.76. The van der Waals surface area contributed by atoms with Crippen molar-refractivity contribution in [3.63, 3.8) is 0 Å². The first kappa shape index (κ1) is 23.8. The second kappa shape index (κ2) is 10.2. The van der Waals surface area contributed by atoms with Crippen LogP contribution in [-0.4, -0.2) is 27.5 Å². The van der Waals surface area contributed by atoms with E-state index < -0.39 is 22.0 Å². The molecule has 0 saturated carbocycles. The van der Waals surface area contributed by atoms with Crippen LogP contribution in [0.15, 0.2) is 71.6 Å². The fourth-order valence-corrected chi connectivity index (χ4v) is 4.87. The Bertz CT molecular complexity index is 1190. The van der Waals surface area contributed by atoms with E-state index in [0.29, 0.717) is 11.4 Å². The highest BCUT2D eigenvalue weighted by Crippen LogP contribution is 2.27. The van der Waals surface area contributed by atoms with E-state index in [1.165, 1.54) is 25.3 Å². The summed E-state index contributed by atoms with van der Waals surface area (Å²) in [5.74, 6) is -0.0892. The molecule has 32 heavy (non-hydrogen) atoms. The van der Waals surface area contributed by atoms with Gasteiger partial charge in [0.15, 0.2) is 0 Å². The predicted molar refractivity (Wildman–Crippen MR) is 127 cm³/mol. The first-order valence-corrected chi connectivity index (χ1v) is 11.8. The molecule has 0 fully saturated rings. The number of anilines is 1. The molecular formula is C24H25ClN2O4S. The maximum atomic E-state index is 13.2. The van der Waals surface area contributed by atoms with Gasteiger partial charge in [-0.25, -0.2) is 8.42 Å². The molecule has 3 rings (SSSR count). The summed E-state index contributed by atoms with van der Waals surface area (Å²) >= 11 is 6.11. The summed E-state index contributed by atoms with van der Waals surface area (Å²) in [5.41, 5.74) is 3.27. The van der Waals surface area contributed by atoms with Gasteiger partial charge in [0.25, 0.3) is 0 Å². The van der Waals surface area contributed by atoms with E-state index in [-0.39, 0.29) is 16.3 Å². The molecule has 1 amide bonds. The largest absolute Gasteiger partial charge is 0.495 e. The zero-order valence-corrected chi connectivity index (χ0v) is 19.6. The number of nitrogens with one attached hydrogen (secondary N) is 2. The standard InChI is InChI=1S/C24H25ClN2O4S/c1-16-8-7-9-17(2)23(16)26-24(28)21(14-18-10-5-4-6-11-18)27-32(29,30)19-12-13-22(31-3)20(25)15-19/h4-13,15,21,27H,14H2,1-3H3,(H,26,28). The third kappa shape index (κ3) is 5.68. The Morgan fingerprint density at radius 2 is 1.66 bits per heavy atom. The number of amides is 1. The van der Waals surface area contributed by atoms with Gasteiger partial charge in [-0.15, -0.1) is 0 Å². The molecule has 0 spiro atoms. The predicted octanol–water partition coefficient (Wildman–Crippen LogP) is 4.49. The maximum Gasteiger partial charge on any atom is 0.242 e. The molecule has 8 heteroatoms. The second-order valence-corrected chi connectivity index (χ2v) is 9.54. The monoisotopic (exact) mass is 472 g/mol. The zero-order valence-electron chi connectivity index (χ0n) is 18.1. The van der Waals surface area contributed by atoms with E-state index in [1.807, 2.05) is 62.4 Å². The summed E-state index contributed by atoms with van der Waals surface area (Å²) in [6.07, 6.45) is 0.181. The van der Waals surface area contributed by atoms with E-state index in [2.05, 4.69) is 10.0 Å². The fourth-order valence-electron chi connectivity index (χ4n) is 3.33. The van der Waals surface area contributed by atoms with Gasteiger partial charge in [0.1, 0.15) is 11.8 Å². The van der Waals surface area contributed by atoms with E-state index in [1.54, 1.807) is 0 Å². The van der Waals surface area contributed by atoms with E-state index in [0.717, 1.165) is 16.7 Å². The molecule has 0 aliphatic rings. The van der Waals surface area contributed by atoms with Crippen LogP contribution in [0, 0.1) is 13.8 Å². The van der Waals surface area contributed by atoms with Crippen LogP contribution in [0.2, 0.25) is 5.02 Å². The molecule has 0 saturated heterocycles. The van der Waals surface area contributed by atoms with Gasteiger partial charge in [-0.3, -0.25) is 4.79 Å². The number of methoxy groups -OCH3 is 1. The number of halogens is 1. The van der Waals surface area contributed by atoms with Crippen molar-refractivity contribution in [2.24, 2.45) is 0 Å². The van der Waals surface area contributed by atoms with Crippen molar-refractivity contribution in [1.29, 1.82) is 0 Å². The summed E-state index contributed by atoms with van der Waals surface area (Å²) in [6, 6.07) is 18.0. The fraction of sp³-hybridized carbons (Fsp3) is 0.208. The average molecular weight is 473 g/mol. The van der Waals surface area contributed by atoms with Crippen LogP contribution in [0.25, 0.3) is 0 Å². The van der Waals surface area contributed by atoms with Gasteiger partial charge in [0, 0.05) is 5.69 Å². The van der Waals surface area contributed by atoms with Crippen LogP contribution in [0.4, 0.5) is 5.69 Å². The smallest absolute Gasteiger partial charge is 0.242 e. The van der Waals surface area contributed by atoms with Crippen molar-refractivity contribution < 1.29 is 17.9 Å². The minimum atomic E-state index is -4.04. The first-order chi connectivity index (χ1) is 15.2. The van der Waals surface area contributed by atoms with E-state index >= 15 is 0 Å². The van der Waals surface area contributed by atoms with Crippen molar-refractivity contribution >= 4 is 33.2 Å². The number of carbonyl (C=O) groups excluding carboxylic acids is 1. The topological polar surface area (TPSA) is 84.5 Å². The number of hydrogen-bond acceptors (Lipinski definition) is 4. The van der Waals surface area contributed by atoms with E-state index in [9.17, 15) is 13.2 Å². The van der Waals surface area contributed by atoms with Gasteiger partial charge in [0.05, 0.1) is 17.0 Å². The van der Waals surface area contributed by atoms with Crippen molar-refractivity contribution in [1.82, 2.24) is 4.72 Å². The van der Waals surface area contributed by atoms with Crippen LogP contribution in [0.1, 0.15) is 16.7 Å². The molecule has 0 heterocycles. The number of sulfonamides is 1. The Morgan fingerprint density at radius 3 is 2.25 bits per heavy atom. The molecular weight excluding hydrogens is 448 g/mol. The number of ether oxygens (including phenoxy) is 1. The molecule has 168 valence electrons. The van der Waals surface area contributed by atoms with Crippen molar-refractivity contribution in [3.8, 4) is 5.75 Å². The van der Waals surface area contributed by atoms with Crippen molar-refractivity contribution in [2.45, 2.75) is 31.2 Å². The highest BCUT2D eigenvalue weighted by Gasteiger charge is 2.27. The molecule has 1 atom stereocenters. The molecule has 2 N–H and O–H groups in total. The lowest BCUT2D eigenvalue weighted by molar-refractivity contribution is -0.117. The van der Waals surface area contributed by atoms with Crippen LogP contribution in [0.5, 0.6) is 5.75 Å². The van der Waals surface area contributed by atoms with Crippen LogP contribution < -0.4 is 14.8 Å². The van der Waals surface area contributed by atoms with Crippen molar-refractivity contribution in [3.05, 3.63) is 88.4 Å². The number of rotatable bonds is 8. The van der Waals surface area contributed by atoms with Gasteiger partial charge in [-0.2, -0.15) is 4.72 Å². The Labute approximate surface area is 193 Å². The van der Waals surface area contributed by atoms with Crippen LogP contribution in [0.3, 0.4) is 0 Å². The minimum absolute atomic E-state index is 0.0544. The summed E-state index contributed by atoms with van der Waals surface area (Å²) in [6.45, 7) is 3.77. The van der Waals surface area contributed by atoms with Gasteiger partial charge < -0.3 is 10.1 Å². The number of hydrogen-bond donors (Lipinski definition) is 2. The lowest BCUT2D eigenvalue weighted by atomic mass is 10.0. The summed E-state index contributed by atoms with van der Waals surface area (Å²) in [7, 11) is -2.59. The highest BCUT2D eigenvalue weighted by atomic mass is 35.5. The SMILES string of the molecule is COc1ccc(S(=O)(=O)NC(Cc2ccccc2)C(=O)Nc2c(C)cccc2C)cc1Cl. The van der Waals surface area contributed by atoms with Crippen molar-refractivity contribution in [2.75, 3.05) is 12.4 Å². The van der Waals surface area contributed by atoms with Gasteiger partial charge in [0.2, 0.25) is 15.9 Å². The third-order valence-electron chi connectivity index (χ3n) is 5.06. The maximum absolute atomic E-state index is 13.2. The number of aryl methyl sites for hydroxylation is 2. The quantitative estimate of drug-likeness (QED) is 0.505. The van der Waals surface area contributed by atoms with Crippen LogP contribution in [-0.2, 0) is 21.2 Å². The van der Waals surface area contributed by atoms with Gasteiger partial charge in [-0.05, 0) is 55.2 Å². The summed E-state index contributed by atoms with van der Waals surface area (Å²) < 4.78 is 33.8. The second-order valence-electron chi connectivity index (χ2n) is 7.42. The lowest BCUT2D eigenvalue weighted by Gasteiger charge is -2.20. The molecule has 0 aliphatic carbocycles. The molecule has 3 aromatic rings. The number of benzene rings is 3. The Kier molecular flexibility index (Phi) is 7.56. The number of para-hydroxylation sites is 1. The molecule has 0 radical (unpaired) electrons. The summed E-state index contributed by atoms with van der Waals surface area (Å²) in [5, 5.41) is 3.05. The third-order valence-corrected chi connectivity index (χ3v) is 6.82. The van der Waals surface area contributed by atoms with E-state index in [4.69, 9.17) is 16.3 Å². The Morgan fingerprint density at radius 1 is 1.00 bits per heavy atom. The normalized spacial score (nSPS) is 12.2. The molecule has 0 aromatic heterocycles. The first-order valence-electron chi connectivity index (χ1n) is 9.98. The molecule has 1 unspecified atom stereocenters. The lowest BCUT2D eigenvalue weighted by Crippen LogP contribution is -2.45. The highest BCUT2D eigenvalue weighted by molar-refractivity contribution is 7.89. The Balaban J connectivity index is 1.92. The molecule has 3 aromatic carbocycles. The molecule has 6 nitrogen and oxygen atoms in total. The zero-order chi connectivity index (χ0) is 23.3. The molecule has 0 bridgehead atoms. The summed E-state index contributed by atoms with van der Waals surface area (Å²) in [4.78, 5) is 13.2.